The number of alkyl halides is 1. The molecule has 8 atom stereocenters. The van der Waals surface area contributed by atoms with Crippen molar-refractivity contribution in [3.63, 3.8) is 0 Å². The van der Waals surface area contributed by atoms with Gasteiger partial charge in [0.1, 0.15) is 46.9 Å². The number of nitrogens with zero attached hydrogens (tertiary/aromatic N) is 7. The molecule has 26 heteroatoms. The van der Waals surface area contributed by atoms with Crippen LogP contribution in [0.25, 0.3) is 21.5 Å². The van der Waals surface area contributed by atoms with Crippen molar-refractivity contribution >= 4 is 93.7 Å². The smallest absolute Gasteiger partial charge is 0.386 e. The summed E-state index contributed by atoms with van der Waals surface area (Å²) in [6.45, 7) is -9.94. The number of fused-ring (bicyclic) bond motifs is 2. The molecular formula is C20H23ClFN9O10P2S3. The van der Waals surface area contributed by atoms with Crippen molar-refractivity contribution in [1.29, 1.82) is 0 Å². The van der Waals surface area contributed by atoms with E-state index in [1.165, 1.54) is 10.9 Å². The molecule has 0 spiro atoms. The van der Waals surface area contributed by atoms with Crippen molar-refractivity contribution in [3.05, 3.63) is 27.6 Å². The van der Waals surface area contributed by atoms with Gasteiger partial charge in [-0.1, -0.05) is 23.6 Å². The van der Waals surface area contributed by atoms with Gasteiger partial charge in [0.15, 0.2) is 29.5 Å². The Morgan fingerprint density at radius 3 is 2.63 bits per heavy atom. The van der Waals surface area contributed by atoms with Crippen molar-refractivity contribution in [2.75, 3.05) is 24.7 Å². The molecule has 2 unspecified atom stereocenters. The first-order chi connectivity index (χ1) is 21.6. The Balaban J connectivity index is 1.17. The van der Waals surface area contributed by atoms with E-state index < -0.39 is 74.6 Å². The Hall–Kier alpha value is -1.95. The van der Waals surface area contributed by atoms with Gasteiger partial charge >= 0.3 is 18.4 Å². The number of thiazole rings is 1. The summed E-state index contributed by atoms with van der Waals surface area (Å²) in [6.07, 6.45) is -7.89. The van der Waals surface area contributed by atoms with Gasteiger partial charge in [-0.2, -0.15) is 9.97 Å². The molecule has 2 aliphatic heterocycles. The van der Waals surface area contributed by atoms with Crippen LogP contribution in [0.4, 0.5) is 16.0 Å². The number of aliphatic hydroxyl groups is 1. The lowest BCUT2D eigenvalue weighted by atomic mass is 10.1. The van der Waals surface area contributed by atoms with E-state index in [-0.39, 0.29) is 44.9 Å². The largest absolute Gasteiger partial charge is 0.390 e. The lowest BCUT2D eigenvalue weighted by Gasteiger charge is -2.24. The second-order valence-electron chi connectivity index (χ2n) is 9.91. The summed E-state index contributed by atoms with van der Waals surface area (Å²) in [5.74, 6) is 0.0171. The fourth-order valence-electron chi connectivity index (χ4n) is 4.95. The molecule has 0 radical (unpaired) electrons. The Labute approximate surface area is 275 Å². The lowest BCUT2D eigenvalue weighted by Crippen LogP contribution is -2.34. The summed E-state index contributed by atoms with van der Waals surface area (Å²) in [4.78, 5) is 51.2. The monoisotopic (exact) mass is 761 g/mol. The van der Waals surface area contributed by atoms with E-state index >= 15 is 4.39 Å². The number of rotatable bonds is 10. The zero-order valence-electron chi connectivity index (χ0n) is 22.7. The van der Waals surface area contributed by atoms with Crippen molar-refractivity contribution in [1.82, 2.24) is 34.1 Å². The van der Waals surface area contributed by atoms with E-state index in [0.29, 0.717) is 0 Å². The fourth-order valence-corrected chi connectivity index (χ4v) is 7.99. The molecule has 0 saturated carbocycles. The van der Waals surface area contributed by atoms with Gasteiger partial charge in [-0.15, -0.1) is 0 Å². The first-order valence-corrected chi connectivity index (χ1v) is 19.4. The number of halogens is 2. The summed E-state index contributed by atoms with van der Waals surface area (Å²) < 4.78 is 59.2. The molecule has 250 valence electrons. The van der Waals surface area contributed by atoms with Crippen LogP contribution < -0.4 is 16.3 Å². The number of hydrogen-bond donors (Lipinski definition) is 6. The third-order valence-electron chi connectivity index (χ3n) is 6.94. The molecule has 7 N–H and O–H groups in total. The number of aromatic nitrogens is 7. The molecule has 46 heavy (non-hydrogen) atoms. The van der Waals surface area contributed by atoms with Crippen molar-refractivity contribution in [2.45, 2.75) is 49.5 Å². The predicted octanol–water partition coefficient (Wildman–Crippen LogP) is 1.06. The van der Waals surface area contributed by atoms with E-state index in [9.17, 15) is 24.3 Å². The quantitative estimate of drug-likeness (QED) is 0.0749. The standard InChI is InChI=1S/C20H23ClFN9O10P2S3/c21-19-28-15(24)13-17(29-19)31(20(33)46-13)9-1-6(32)7(39-9)2-38-43(36,45)41-12-8(3-37-42(34,35)44)40-18(10(12)22)30-5-27-11-14(23)25-4-26-16(11)30/h4-10,12,18,32H,1-3H2,(H,36,45)(H2,23,25,26)(H2,24,28,29)(H2,34,35,44)/t6-,7+,8+,9+,10+,12?,18+,43?/m0/s1. The van der Waals surface area contributed by atoms with Gasteiger partial charge in [0.05, 0.1) is 25.6 Å². The molecule has 6 rings (SSSR count). The van der Waals surface area contributed by atoms with Crippen LogP contribution in [0.1, 0.15) is 18.9 Å². The van der Waals surface area contributed by atoms with Crippen LogP contribution in [0, 0.1) is 0 Å². The Morgan fingerprint density at radius 2 is 1.89 bits per heavy atom. The van der Waals surface area contributed by atoms with Gasteiger partial charge in [0, 0.05) is 6.42 Å². The number of nitrogens with two attached hydrogens (primary N) is 2. The van der Waals surface area contributed by atoms with Gasteiger partial charge in [0.25, 0.3) is 0 Å². The Bertz CT molecular complexity index is 1950. The van der Waals surface area contributed by atoms with Crippen LogP contribution >= 0.6 is 48.7 Å². The predicted molar refractivity (Wildman–Crippen MR) is 166 cm³/mol. The average Bonchev–Trinajstić information content (AvgIpc) is 3.71. The minimum atomic E-state index is -4.47. The lowest BCUT2D eigenvalue weighted by molar-refractivity contribution is -0.0477. The second-order valence-corrected chi connectivity index (χ2v) is 16.8. The summed E-state index contributed by atoms with van der Waals surface area (Å²) in [5, 5.41) is 10.5. The Kier molecular flexibility index (Phi) is 9.46. The molecule has 4 aromatic heterocycles. The number of aliphatic hydroxyl groups excluding tert-OH is 1. The first kappa shape index (κ1) is 33.9. The van der Waals surface area contributed by atoms with Crippen molar-refractivity contribution < 1.29 is 46.9 Å². The topological polar surface area (TPSA) is 267 Å². The van der Waals surface area contributed by atoms with Gasteiger partial charge in [-0.05, 0) is 23.4 Å². The van der Waals surface area contributed by atoms with Crippen LogP contribution in [0.3, 0.4) is 0 Å². The van der Waals surface area contributed by atoms with Gasteiger partial charge < -0.3 is 40.4 Å². The van der Waals surface area contributed by atoms with Gasteiger partial charge in [-0.3, -0.25) is 23.0 Å². The number of hydrogen-bond acceptors (Lipinski definition) is 17. The van der Waals surface area contributed by atoms with Crippen LogP contribution in [0.15, 0.2) is 17.4 Å². The van der Waals surface area contributed by atoms with E-state index in [1.807, 2.05) is 0 Å². The molecule has 0 amide bonds. The maximum atomic E-state index is 16.0. The Morgan fingerprint density at radius 1 is 1.15 bits per heavy atom. The summed E-state index contributed by atoms with van der Waals surface area (Å²) in [5.41, 5.74) is 12.0. The third kappa shape index (κ3) is 6.80. The van der Waals surface area contributed by atoms with Crippen LogP contribution in [-0.2, 0) is 39.4 Å². The molecular weight excluding hydrogens is 739 g/mol. The molecule has 2 fully saturated rings. The van der Waals surface area contributed by atoms with E-state index in [1.54, 1.807) is 0 Å². The highest BCUT2D eigenvalue weighted by Gasteiger charge is 2.51. The van der Waals surface area contributed by atoms with Crippen LogP contribution in [0.5, 0.6) is 0 Å². The normalized spacial score (nSPS) is 28.3. The van der Waals surface area contributed by atoms with E-state index in [0.717, 1.165) is 22.2 Å². The van der Waals surface area contributed by atoms with E-state index in [4.69, 9.17) is 46.1 Å². The van der Waals surface area contributed by atoms with Crippen LogP contribution in [-0.4, -0.2) is 92.7 Å². The van der Waals surface area contributed by atoms with Gasteiger partial charge in [0.2, 0.25) is 5.28 Å². The molecule has 2 saturated heterocycles. The minimum absolute atomic E-state index is 0.00711. The molecule has 0 aromatic carbocycles. The SMILES string of the molecule is Nc1ncnc2c1ncn2[C@@H]1O[C@H](COP(O)(O)=S)C(OP(=O)(S)OC[C@H]2O[C@@H](n3c(=O)sc4c(N)nc(Cl)nc43)C[C@@H]2O)[C@H]1F. The molecule has 19 nitrogen and oxygen atoms in total. The number of ether oxygens (including phenoxy) is 2. The highest BCUT2D eigenvalue weighted by atomic mass is 35.5. The molecule has 4 aromatic rings. The maximum absolute atomic E-state index is 16.0. The van der Waals surface area contributed by atoms with Crippen molar-refractivity contribution in [2.24, 2.45) is 0 Å². The number of thiol groups is 1. The van der Waals surface area contributed by atoms with E-state index in [2.05, 4.69) is 49.0 Å². The van der Waals surface area contributed by atoms with Crippen molar-refractivity contribution in [3.8, 4) is 0 Å². The van der Waals surface area contributed by atoms with Gasteiger partial charge in [-0.25, -0.2) is 23.9 Å². The highest BCUT2D eigenvalue weighted by molar-refractivity contribution is 8.44. The summed E-state index contributed by atoms with van der Waals surface area (Å²) in [7, 11) is 0. The number of imidazole rings is 1. The zero-order chi connectivity index (χ0) is 33.1. The second kappa shape index (κ2) is 12.8. The fraction of sp³-hybridized carbons (Fsp3) is 0.500. The minimum Gasteiger partial charge on any atom is -0.390 e. The first-order valence-electron chi connectivity index (χ1n) is 12.9. The highest BCUT2D eigenvalue weighted by Crippen LogP contribution is 2.57. The summed E-state index contributed by atoms with van der Waals surface area (Å²) >= 11 is 15.1. The molecule has 6 heterocycles. The number of anilines is 2. The number of nitrogen functional groups attached to an aromatic ring is 2. The molecule has 0 aliphatic carbocycles. The third-order valence-corrected chi connectivity index (χ3v) is 10.5. The average molecular weight is 762 g/mol. The molecule has 2 aliphatic rings. The molecule has 0 bridgehead atoms. The van der Waals surface area contributed by atoms with Crippen LogP contribution in [0.2, 0.25) is 5.28 Å². The summed E-state index contributed by atoms with van der Waals surface area (Å²) in [6, 6.07) is 0. The maximum Gasteiger partial charge on any atom is 0.386 e. The zero-order valence-corrected chi connectivity index (χ0v) is 27.8.